The van der Waals surface area contributed by atoms with Crippen molar-refractivity contribution in [1.29, 1.82) is 0 Å². The van der Waals surface area contributed by atoms with Crippen molar-refractivity contribution in [2.24, 2.45) is 11.3 Å². The lowest BCUT2D eigenvalue weighted by atomic mass is 9.72. The number of rotatable bonds is 5. The number of thiophene rings is 1. The average Bonchev–Trinajstić information content (AvgIpc) is 3.25. The molecule has 1 atom stereocenters. The minimum absolute atomic E-state index is 0.0605. The van der Waals surface area contributed by atoms with E-state index in [1.807, 2.05) is 18.2 Å². The Balaban J connectivity index is 1.39. The molecule has 4 aromatic rings. The number of aromatic nitrogens is 2. The van der Waals surface area contributed by atoms with E-state index in [1.165, 1.54) is 16.0 Å². The lowest BCUT2D eigenvalue weighted by Gasteiger charge is -2.33. The maximum Gasteiger partial charge on any atom is 0.260 e. The van der Waals surface area contributed by atoms with E-state index >= 15 is 0 Å². The summed E-state index contributed by atoms with van der Waals surface area (Å²) >= 11 is 1.68. The van der Waals surface area contributed by atoms with E-state index in [9.17, 15) is 4.79 Å². The number of hydrogen-bond acceptors (Lipinski definition) is 5. The molecule has 1 aliphatic rings. The molecule has 1 N–H and O–H groups in total. The van der Waals surface area contributed by atoms with Crippen LogP contribution in [0.1, 0.15) is 69.5 Å². The maximum absolute atomic E-state index is 13.2. The minimum Gasteiger partial charge on any atom is -0.493 e. The van der Waals surface area contributed by atoms with Crippen LogP contribution in [-0.2, 0) is 24.9 Å². The maximum atomic E-state index is 13.2. The summed E-state index contributed by atoms with van der Waals surface area (Å²) in [6.45, 7) is 14.0. The van der Waals surface area contributed by atoms with Crippen LogP contribution >= 0.6 is 11.3 Å². The molecule has 200 valence electrons. The van der Waals surface area contributed by atoms with Gasteiger partial charge < -0.3 is 14.5 Å². The predicted octanol–water partition coefficient (Wildman–Crippen LogP) is 7.69. The third-order valence-electron chi connectivity index (χ3n) is 7.80. The van der Waals surface area contributed by atoms with Crippen LogP contribution in [-0.4, -0.2) is 17.1 Å². The van der Waals surface area contributed by atoms with Crippen LogP contribution < -0.4 is 15.0 Å². The number of fused-ring (bicyclic) bond motifs is 3. The first-order valence-electron chi connectivity index (χ1n) is 13.4. The molecule has 2 aromatic heterocycles. The molecular formula is C32H38N2O3S. The van der Waals surface area contributed by atoms with Gasteiger partial charge >= 0.3 is 0 Å². The van der Waals surface area contributed by atoms with Crippen LogP contribution in [0.2, 0.25) is 0 Å². The quantitative estimate of drug-likeness (QED) is 0.287. The lowest BCUT2D eigenvalue weighted by molar-refractivity contribution is 0.218. The van der Waals surface area contributed by atoms with Gasteiger partial charge in [0.25, 0.3) is 5.56 Å². The molecule has 5 rings (SSSR count). The minimum atomic E-state index is -0.0605. The molecule has 1 unspecified atom stereocenters. The van der Waals surface area contributed by atoms with Crippen molar-refractivity contribution >= 4 is 21.6 Å². The van der Waals surface area contributed by atoms with Crippen LogP contribution in [0, 0.1) is 11.3 Å². The molecule has 0 radical (unpaired) electrons. The van der Waals surface area contributed by atoms with Gasteiger partial charge in [-0.15, -0.1) is 11.3 Å². The Bertz CT molecular complexity index is 1520. The molecule has 0 saturated carbocycles. The van der Waals surface area contributed by atoms with Crippen LogP contribution in [0.15, 0.2) is 47.3 Å². The zero-order valence-electron chi connectivity index (χ0n) is 23.5. The Kier molecular flexibility index (Phi) is 6.89. The van der Waals surface area contributed by atoms with Crippen molar-refractivity contribution in [3.8, 4) is 22.9 Å². The van der Waals surface area contributed by atoms with Crippen LogP contribution in [0.5, 0.6) is 11.5 Å². The Morgan fingerprint density at radius 2 is 1.76 bits per heavy atom. The van der Waals surface area contributed by atoms with Gasteiger partial charge in [0.1, 0.15) is 17.3 Å². The van der Waals surface area contributed by atoms with Gasteiger partial charge in [0.2, 0.25) is 0 Å². The second-order valence-corrected chi connectivity index (χ2v) is 13.6. The second-order valence-electron chi connectivity index (χ2n) is 12.5. The van der Waals surface area contributed by atoms with Crippen LogP contribution in [0.4, 0.5) is 0 Å². The van der Waals surface area contributed by atoms with Gasteiger partial charge in [0.05, 0.1) is 12.5 Å². The molecule has 0 spiro atoms. The zero-order chi connectivity index (χ0) is 27.2. The highest BCUT2D eigenvalue weighted by Crippen LogP contribution is 2.42. The molecule has 0 fully saturated rings. The standard InChI is InChI=1S/C32H38N2O3S/c1-31(2,3)21-11-8-19(9-12-21)18-37-24-15-10-20(16-25(24)36-7)28-33-29(35)27-23-14-13-22(32(4,5)6)17-26(23)38-30(27)34-28/h8-12,15-16,22H,13-14,17-18H2,1-7H3,(H,33,34,35). The number of benzene rings is 2. The van der Waals surface area contributed by atoms with Crippen molar-refractivity contribution in [2.75, 3.05) is 7.11 Å². The first-order valence-corrected chi connectivity index (χ1v) is 14.2. The molecule has 1 aliphatic carbocycles. The summed E-state index contributed by atoms with van der Waals surface area (Å²) in [6.07, 6.45) is 3.08. The van der Waals surface area contributed by atoms with Crippen molar-refractivity contribution in [1.82, 2.24) is 9.97 Å². The lowest BCUT2D eigenvalue weighted by Crippen LogP contribution is -2.26. The molecule has 0 aliphatic heterocycles. The van der Waals surface area contributed by atoms with Crippen LogP contribution in [0.3, 0.4) is 0 Å². The molecule has 6 heteroatoms. The summed E-state index contributed by atoms with van der Waals surface area (Å²) in [7, 11) is 1.63. The van der Waals surface area contributed by atoms with E-state index in [1.54, 1.807) is 18.4 Å². The highest BCUT2D eigenvalue weighted by atomic mass is 32.1. The highest BCUT2D eigenvalue weighted by Gasteiger charge is 2.31. The first-order chi connectivity index (χ1) is 17.9. The van der Waals surface area contributed by atoms with Crippen LogP contribution in [0.25, 0.3) is 21.6 Å². The molecule has 2 aromatic carbocycles. The summed E-state index contributed by atoms with van der Waals surface area (Å²) in [6, 6.07) is 14.2. The normalized spacial score (nSPS) is 15.9. The fourth-order valence-corrected chi connectivity index (χ4v) is 6.56. The van der Waals surface area contributed by atoms with E-state index in [-0.39, 0.29) is 16.4 Å². The van der Waals surface area contributed by atoms with E-state index in [0.29, 0.717) is 29.8 Å². The van der Waals surface area contributed by atoms with Crippen molar-refractivity contribution in [3.05, 3.63) is 74.4 Å². The molecule has 5 nitrogen and oxygen atoms in total. The molecular weight excluding hydrogens is 492 g/mol. The van der Waals surface area contributed by atoms with Crippen molar-refractivity contribution < 1.29 is 9.47 Å². The van der Waals surface area contributed by atoms with Gasteiger partial charge in [-0.2, -0.15) is 0 Å². The number of H-pyrrole nitrogens is 1. The molecule has 0 amide bonds. The SMILES string of the molecule is COc1cc(-c2nc3sc4c(c3c(=O)[nH]2)CCC(C(C)(C)C)C4)ccc1OCc1ccc(C(C)(C)C)cc1. The summed E-state index contributed by atoms with van der Waals surface area (Å²) < 4.78 is 11.7. The van der Waals surface area contributed by atoms with E-state index in [2.05, 4.69) is 70.8 Å². The molecule has 38 heavy (non-hydrogen) atoms. The third kappa shape index (κ3) is 5.24. The number of aromatic amines is 1. The van der Waals surface area contributed by atoms with Gasteiger partial charge in [0, 0.05) is 10.4 Å². The summed E-state index contributed by atoms with van der Waals surface area (Å²) in [5.74, 6) is 2.43. The Labute approximate surface area is 229 Å². The van der Waals surface area contributed by atoms with Gasteiger partial charge in [-0.1, -0.05) is 65.8 Å². The molecule has 0 saturated heterocycles. The summed E-state index contributed by atoms with van der Waals surface area (Å²) in [5.41, 5.74) is 4.69. The van der Waals surface area contributed by atoms with Gasteiger partial charge in [0.15, 0.2) is 11.5 Å². The van der Waals surface area contributed by atoms with Crippen molar-refractivity contribution in [2.45, 2.75) is 72.8 Å². The number of aryl methyl sites for hydroxylation is 1. The fourth-order valence-electron chi connectivity index (χ4n) is 5.26. The number of methoxy groups -OCH3 is 1. The van der Waals surface area contributed by atoms with Gasteiger partial charge in [-0.3, -0.25) is 4.79 Å². The van der Waals surface area contributed by atoms with Crippen molar-refractivity contribution in [3.63, 3.8) is 0 Å². The Hall–Kier alpha value is -3.12. The number of ether oxygens (including phenoxy) is 2. The third-order valence-corrected chi connectivity index (χ3v) is 8.94. The largest absolute Gasteiger partial charge is 0.493 e. The summed E-state index contributed by atoms with van der Waals surface area (Å²) in [5, 5.41) is 0.769. The number of hydrogen-bond donors (Lipinski definition) is 1. The van der Waals surface area contributed by atoms with E-state index < -0.39 is 0 Å². The predicted molar refractivity (Wildman–Crippen MR) is 157 cm³/mol. The smallest absolute Gasteiger partial charge is 0.260 e. The first kappa shape index (κ1) is 26.5. The van der Waals surface area contributed by atoms with E-state index in [0.717, 1.165) is 40.6 Å². The molecule has 0 bridgehead atoms. The van der Waals surface area contributed by atoms with Gasteiger partial charge in [-0.25, -0.2) is 4.98 Å². The highest BCUT2D eigenvalue weighted by molar-refractivity contribution is 7.18. The Morgan fingerprint density at radius 3 is 2.42 bits per heavy atom. The Morgan fingerprint density at radius 1 is 1.03 bits per heavy atom. The average molecular weight is 531 g/mol. The fraction of sp³-hybridized carbons (Fsp3) is 0.438. The summed E-state index contributed by atoms with van der Waals surface area (Å²) in [4.78, 5) is 23.3. The molecule has 2 heterocycles. The van der Waals surface area contributed by atoms with E-state index in [4.69, 9.17) is 14.5 Å². The van der Waals surface area contributed by atoms with Gasteiger partial charge in [-0.05, 0) is 70.9 Å². The monoisotopic (exact) mass is 530 g/mol. The zero-order valence-corrected chi connectivity index (χ0v) is 24.3. The number of nitrogens with zero attached hydrogens (tertiary/aromatic N) is 1. The topological polar surface area (TPSA) is 64.2 Å². The second kappa shape index (κ2) is 9.88. The number of nitrogens with one attached hydrogen (secondary N) is 1.